The largest absolute Gasteiger partial charge is 0.455 e. The zero-order valence-electron chi connectivity index (χ0n) is 14.7. The molecule has 1 aliphatic heterocycles. The number of benzene rings is 2. The standard InChI is InChI=1S/C22H19FN2O/c1-14-17(9-6-10-18(14)23)20-11-12-21(26-20)19-13-24-15(2)22(25-19)16-7-4-3-5-8-16/h3-12,24H,13H2,1-2H3. The molecular formula is C22H19FN2O. The number of rotatable bonds is 3. The number of nitrogens with one attached hydrogen (secondary N) is 1. The molecule has 0 radical (unpaired) electrons. The van der Waals surface area contributed by atoms with Gasteiger partial charge in [0.05, 0.1) is 12.2 Å². The fourth-order valence-corrected chi connectivity index (χ4v) is 3.09. The van der Waals surface area contributed by atoms with Gasteiger partial charge in [0.15, 0.2) is 5.76 Å². The number of allylic oxidation sites excluding steroid dienone is 1. The molecule has 0 fully saturated rings. The Morgan fingerprint density at radius 3 is 2.50 bits per heavy atom. The summed E-state index contributed by atoms with van der Waals surface area (Å²) in [6.45, 7) is 4.37. The molecule has 0 atom stereocenters. The van der Waals surface area contributed by atoms with Gasteiger partial charge in [-0.05, 0) is 37.6 Å². The molecule has 4 rings (SSSR count). The maximum Gasteiger partial charge on any atom is 0.150 e. The summed E-state index contributed by atoms with van der Waals surface area (Å²) >= 11 is 0. The van der Waals surface area contributed by atoms with E-state index in [1.54, 1.807) is 13.0 Å². The second-order valence-electron chi connectivity index (χ2n) is 6.33. The van der Waals surface area contributed by atoms with Crippen molar-refractivity contribution in [2.45, 2.75) is 13.8 Å². The lowest BCUT2D eigenvalue weighted by atomic mass is 10.1. The summed E-state index contributed by atoms with van der Waals surface area (Å²) in [6, 6.07) is 18.8. The van der Waals surface area contributed by atoms with Crippen molar-refractivity contribution in [2.24, 2.45) is 4.99 Å². The van der Waals surface area contributed by atoms with Gasteiger partial charge in [0, 0.05) is 16.8 Å². The Labute approximate surface area is 151 Å². The summed E-state index contributed by atoms with van der Waals surface area (Å²) in [7, 11) is 0. The van der Waals surface area contributed by atoms with Gasteiger partial charge < -0.3 is 9.73 Å². The highest BCUT2D eigenvalue weighted by atomic mass is 19.1. The smallest absolute Gasteiger partial charge is 0.150 e. The first-order chi connectivity index (χ1) is 12.6. The Kier molecular flexibility index (Phi) is 4.17. The highest BCUT2D eigenvalue weighted by Gasteiger charge is 2.18. The number of hydrogen-bond donors (Lipinski definition) is 1. The average Bonchev–Trinajstić information content (AvgIpc) is 3.15. The van der Waals surface area contributed by atoms with Crippen LogP contribution in [0.1, 0.15) is 23.8 Å². The third-order valence-electron chi connectivity index (χ3n) is 4.59. The lowest BCUT2D eigenvalue weighted by molar-refractivity contribution is 0.567. The highest BCUT2D eigenvalue weighted by molar-refractivity contribution is 6.04. The van der Waals surface area contributed by atoms with Crippen molar-refractivity contribution in [3.05, 3.63) is 89.1 Å². The molecule has 2 heterocycles. The lowest BCUT2D eigenvalue weighted by Gasteiger charge is -2.18. The predicted octanol–water partition coefficient (Wildman–Crippen LogP) is 5.18. The van der Waals surface area contributed by atoms with Crippen LogP contribution in [0, 0.1) is 12.7 Å². The minimum absolute atomic E-state index is 0.234. The van der Waals surface area contributed by atoms with Gasteiger partial charge >= 0.3 is 0 Å². The molecule has 0 unspecified atom stereocenters. The molecule has 3 aromatic rings. The molecule has 4 heteroatoms. The molecule has 0 bridgehead atoms. The van der Waals surface area contributed by atoms with Crippen LogP contribution in [-0.4, -0.2) is 12.3 Å². The molecule has 1 aliphatic rings. The molecule has 26 heavy (non-hydrogen) atoms. The number of nitrogens with zero attached hydrogens (tertiary/aromatic N) is 1. The van der Waals surface area contributed by atoms with Gasteiger partial charge in [-0.15, -0.1) is 0 Å². The van der Waals surface area contributed by atoms with E-state index in [1.165, 1.54) is 6.07 Å². The third-order valence-corrected chi connectivity index (χ3v) is 4.59. The van der Waals surface area contributed by atoms with Crippen LogP contribution in [0.25, 0.3) is 17.0 Å². The van der Waals surface area contributed by atoms with Crippen molar-refractivity contribution in [2.75, 3.05) is 6.54 Å². The van der Waals surface area contributed by atoms with Crippen molar-refractivity contribution >= 4 is 11.4 Å². The van der Waals surface area contributed by atoms with E-state index in [-0.39, 0.29) is 5.82 Å². The molecule has 0 saturated heterocycles. The molecule has 0 amide bonds. The van der Waals surface area contributed by atoms with Crippen LogP contribution in [0.5, 0.6) is 0 Å². The van der Waals surface area contributed by atoms with Crippen molar-refractivity contribution in [1.82, 2.24) is 5.32 Å². The summed E-state index contributed by atoms with van der Waals surface area (Å²) in [5, 5.41) is 3.38. The monoisotopic (exact) mass is 346 g/mol. The first-order valence-corrected chi connectivity index (χ1v) is 8.57. The minimum atomic E-state index is -0.234. The maximum absolute atomic E-state index is 13.8. The van der Waals surface area contributed by atoms with Gasteiger partial charge in [-0.25, -0.2) is 9.38 Å². The molecule has 0 saturated carbocycles. The van der Waals surface area contributed by atoms with E-state index < -0.39 is 0 Å². The third kappa shape index (κ3) is 2.94. The van der Waals surface area contributed by atoms with Gasteiger partial charge in [-0.1, -0.05) is 42.5 Å². The minimum Gasteiger partial charge on any atom is -0.455 e. The average molecular weight is 346 g/mol. The summed E-state index contributed by atoms with van der Waals surface area (Å²) in [6.07, 6.45) is 0. The van der Waals surface area contributed by atoms with E-state index in [0.717, 1.165) is 28.2 Å². The van der Waals surface area contributed by atoms with E-state index in [9.17, 15) is 4.39 Å². The molecule has 130 valence electrons. The Hall–Kier alpha value is -3.14. The molecule has 0 spiro atoms. The Morgan fingerprint density at radius 1 is 0.923 bits per heavy atom. The van der Waals surface area contributed by atoms with Crippen molar-refractivity contribution in [1.29, 1.82) is 0 Å². The van der Waals surface area contributed by atoms with Gasteiger partial charge in [-0.2, -0.15) is 0 Å². The zero-order chi connectivity index (χ0) is 18.1. The summed E-state index contributed by atoms with van der Waals surface area (Å²) in [4.78, 5) is 4.82. The van der Waals surface area contributed by atoms with Gasteiger partial charge in [0.1, 0.15) is 17.3 Å². The molecule has 1 aromatic heterocycles. The van der Waals surface area contributed by atoms with Crippen LogP contribution in [-0.2, 0) is 0 Å². The topological polar surface area (TPSA) is 37.5 Å². The first-order valence-electron chi connectivity index (χ1n) is 8.57. The van der Waals surface area contributed by atoms with Crippen LogP contribution in [0.15, 0.2) is 75.8 Å². The lowest BCUT2D eigenvalue weighted by Crippen LogP contribution is -2.26. The van der Waals surface area contributed by atoms with Crippen LogP contribution in [0.2, 0.25) is 0 Å². The van der Waals surface area contributed by atoms with Crippen LogP contribution in [0.3, 0.4) is 0 Å². The van der Waals surface area contributed by atoms with Crippen molar-refractivity contribution < 1.29 is 8.81 Å². The van der Waals surface area contributed by atoms with Crippen molar-refractivity contribution in [3.63, 3.8) is 0 Å². The van der Waals surface area contributed by atoms with Crippen molar-refractivity contribution in [3.8, 4) is 11.3 Å². The fourth-order valence-electron chi connectivity index (χ4n) is 3.09. The Morgan fingerprint density at radius 2 is 1.69 bits per heavy atom. The van der Waals surface area contributed by atoms with E-state index in [2.05, 4.69) is 5.32 Å². The second-order valence-corrected chi connectivity index (χ2v) is 6.33. The number of hydrogen-bond acceptors (Lipinski definition) is 3. The SMILES string of the molecule is CC1=C(c2ccccc2)N=C(c2ccc(-c3cccc(F)c3C)o2)CN1. The number of halogens is 1. The molecule has 1 N–H and O–H groups in total. The molecular weight excluding hydrogens is 327 g/mol. The van der Waals surface area contributed by atoms with E-state index in [1.807, 2.05) is 55.5 Å². The number of furan rings is 1. The van der Waals surface area contributed by atoms with Crippen LogP contribution >= 0.6 is 0 Å². The van der Waals surface area contributed by atoms with Crippen LogP contribution in [0.4, 0.5) is 4.39 Å². The second kappa shape index (κ2) is 6.64. The van der Waals surface area contributed by atoms with Crippen LogP contribution < -0.4 is 5.32 Å². The Bertz CT molecular complexity index is 1020. The number of aliphatic imine (C=N–C) groups is 1. The van der Waals surface area contributed by atoms with Gasteiger partial charge in [0.2, 0.25) is 0 Å². The molecule has 2 aromatic carbocycles. The normalized spacial score (nSPS) is 14.2. The fraction of sp³-hybridized carbons (Fsp3) is 0.136. The first kappa shape index (κ1) is 16.3. The summed E-state index contributed by atoms with van der Waals surface area (Å²) < 4.78 is 19.8. The summed E-state index contributed by atoms with van der Waals surface area (Å²) in [5.41, 5.74) is 5.17. The zero-order valence-corrected chi connectivity index (χ0v) is 14.7. The van der Waals surface area contributed by atoms with E-state index >= 15 is 0 Å². The van der Waals surface area contributed by atoms with E-state index in [4.69, 9.17) is 9.41 Å². The Balaban J connectivity index is 1.71. The van der Waals surface area contributed by atoms with Gasteiger partial charge in [-0.3, -0.25) is 0 Å². The molecule has 0 aliphatic carbocycles. The molecule has 3 nitrogen and oxygen atoms in total. The highest BCUT2D eigenvalue weighted by Crippen LogP contribution is 2.29. The van der Waals surface area contributed by atoms with Gasteiger partial charge in [0.25, 0.3) is 0 Å². The maximum atomic E-state index is 13.8. The quantitative estimate of drug-likeness (QED) is 0.710. The van der Waals surface area contributed by atoms with E-state index in [0.29, 0.717) is 23.6 Å². The predicted molar refractivity (Wildman–Crippen MR) is 102 cm³/mol. The summed E-state index contributed by atoms with van der Waals surface area (Å²) in [5.74, 6) is 1.10.